The smallest absolute Gasteiger partial charge is 0.262 e. The van der Waals surface area contributed by atoms with Gasteiger partial charge in [0.05, 0.1) is 29.5 Å². The van der Waals surface area contributed by atoms with Crippen molar-refractivity contribution >= 4 is 50.9 Å². The van der Waals surface area contributed by atoms with Gasteiger partial charge in [-0.1, -0.05) is 23.9 Å². The zero-order valence-electron chi connectivity index (χ0n) is 20.1. The predicted octanol–water partition coefficient (Wildman–Crippen LogP) is 4.30. The molecule has 3 aromatic heterocycles. The van der Waals surface area contributed by atoms with Gasteiger partial charge in [-0.05, 0) is 55.9 Å². The molecular weight excluding hydrogens is 510 g/mol. The fraction of sp³-hybridized carbons (Fsp3) is 0.346. The Kier molecular flexibility index (Phi) is 8.00. The van der Waals surface area contributed by atoms with E-state index in [2.05, 4.69) is 15.6 Å². The van der Waals surface area contributed by atoms with Crippen LogP contribution in [0.25, 0.3) is 10.9 Å². The third kappa shape index (κ3) is 6.28. The second kappa shape index (κ2) is 11.7. The number of carbonyl (C=O) groups is 2. The molecule has 0 aliphatic heterocycles. The second-order valence-corrected chi connectivity index (χ2v) is 10.9. The number of amides is 2. The average Bonchev–Trinajstić information content (AvgIpc) is 3.63. The van der Waals surface area contributed by atoms with Crippen molar-refractivity contribution in [2.75, 3.05) is 11.1 Å². The normalized spacial score (nSPS) is 17.5. The molecule has 2 amide bonds. The van der Waals surface area contributed by atoms with Crippen LogP contribution in [0.4, 0.5) is 5.13 Å². The molecule has 0 saturated heterocycles. The lowest BCUT2D eigenvalue weighted by Gasteiger charge is -2.28. The van der Waals surface area contributed by atoms with Crippen molar-refractivity contribution in [3.8, 4) is 0 Å². The largest absolute Gasteiger partial charge is 0.467 e. The number of fused-ring (bicyclic) bond motifs is 1. The minimum absolute atomic E-state index is 0.0407. The summed E-state index contributed by atoms with van der Waals surface area (Å²) in [5.74, 6) is 0.902. The molecule has 1 aromatic carbocycles. The number of nitrogens with one attached hydrogen (secondary N) is 2. The summed E-state index contributed by atoms with van der Waals surface area (Å²) in [6, 6.07) is 10.9. The van der Waals surface area contributed by atoms with Crippen LogP contribution >= 0.6 is 23.1 Å². The highest BCUT2D eigenvalue weighted by atomic mass is 32.2. The van der Waals surface area contributed by atoms with Gasteiger partial charge in [-0.15, -0.1) is 11.3 Å². The number of hydrogen-bond acceptors (Lipinski definition) is 8. The van der Waals surface area contributed by atoms with E-state index < -0.39 is 0 Å². The van der Waals surface area contributed by atoms with Gasteiger partial charge < -0.3 is 15.1 Å². The summed E-state index contributed by atoms with van der Waals surface area (Å²) in [6.07, 6.45) is 6.44. The number of benzene rings is 1. The summed E-state index contributed by atoms with van der Waals surface area (Å²) in [4.78, 5) is 47.3. The van der Waals surface area contributed by atoms with E-state index in [9.17, 15) is 14.4 Å². The Morgan fingerprint density at radius 2 is 1.97 bits per heavy atom. The molecule has 1 aliphatic carbocycles. The Bertz CT molecular complexity index is 1410. The number of thiazole rings is 1. The van der Waals surface area contributed by atoms with E-state index in [4.69, 9.17) is 9.40 Å². The Hall–Kier alpha value is -3.44. The highest BCUT2D eigenvalue weighted by Crippen LogP contribution is 2.31. The zero-order chi connectivity index (χ0) is 25.6. The summed E-state index contributed by atoms with van der Waals surface area (Å²) in [6.45, 7) is 0.897. The Balaban J connectivity index is 1.24. The number of thioether (sulfide) groups is 1. The molecule has 0 atom stereocenters. The van der Waals surface area contributed by atoms with E-state index in [1.54, 1.807) is 34.5 Å². The van der Waals surface area contributed by atoms with Crippen LogP contribution in [0.1, 0.15) is 31.4 Å². The zero-order valence-corrected chi connectivity index (χ0v) is 21.7. The Morgan fingerprint density at radius 3 is 2.73 bits per heavy atom. The maximum Gasteiger partial charge on any atom is 0.262 e. The molecule has 1 aliphatic rings. The third-order valence-electron chi connectivity index (χ3n) is 6.51. The van der Waals surface area contributed by atoms with Crippen LogP contribution in [0.5, 0.6) is 0 Å². The van der Waals surface area contributed by atoms with E-state index in [1.807, 2.05) is 24.3 Å². The molecule has 5 rings (SSSR count). The molecule has 0 unspecified atom stereocenters. The number of furan rings is 1. The Labute approximate surface area is 221 Å². The molecule has 3 heterocycles. The van der Waals surface area contributed by atoms with Crippen LogP contribution in [0, 0.1) is 11.8 Å². The van der Waals surface area contributed by atoms with Crippen LogP contribution in [-0.4, -0.2) is 32.1 Å². The number of rotatable bonds is 9. The maximum absolute atomic E-state index is 13.4. The molecule has 37 heavy (non-hydrogen) atoms. The minimum Gasteiger partial charge on any atom is -0.467 e. The maximum atomic E-state index is 13.4. The topological polar surface area (TPSA) is 119 Å². The Morgan fingerprint density at radius 1 is 1.14 bits per heavy atom. The van der Waals surface area contributed by atoms with Gasteiger partial charge in [0.25, 0.3) is 5.56 Å². The molecule has 192 valence electrons. The van der Waals surface area contributed by atoms with Crippen molar-refractivity contribution in [2.24, 2.45) is 11.8 Å². The fourth-order valence-corrected chi connectivity index (χ4v) is 5.94. The molecule has 0 bridgehead atoms. The van der Waals surface area contributed by atoms with E-state index in [1.165, 1.54) is 23.1 Å². The quantitative estimate of drug-likeness (QED) is 0.241. The number of anilines is 1. The summed E-state index contributed by atoms with van der Waals surface area (Å²) in [7, 11) is 0. The molecular formula is C26H27N5O4S2. The summed E-state index contributed by atoms with van der Waals surface area (Å²) in [5, 5.41) is 9.15. The lowest BCUT2D eigenvalue weighted by Crippen LogP contribution is -2.34. The molecule has 9 nitrogen and oxygen atoms in total. The lowest BCUT2D eigenvalue weighted by molar-refractivity contribution is -0.126. The number of nitrogens with zero attached hydrogens (tertiary/aromatic N) is 3. The van der Waals surface area contributed by atoms with E-state index >= 15 is 0 Å². The van der Waals surface area contributed by atoms with Gasteiger partial charge in [0.1, 0.15) is 5.76 Å². The van der Waals surface area contributed by atoms with Gasteiger partial charge in [-0.25, -0.2) is 9.97 Å². The number of hydrogen-bond donors (Lipinski definition) is 2. The van der Waals surface area contributed by atoms with Crippen molar-refractivity contribution in [1.82, 2.24) is 19.9 Å². The number of para-hydroxylation sites is 1. The molecule has 1 saturated carbocycles. The molecule has 0 radical (unpaired) electrons. The van der Waals surface area contributed by atoms with Crippen molar-refractivity contribution in [3.63, 3.8) is 0 Å². The first-order chi connectivity index (χ1) is 18.1. The van der Waals surface area contributed by atoms with E-state index in [-0.39, 0.29) is 35.0 Å². The highest BCUT2D eigenvalue weighted by Gasteiger charge is 2.27. The standard InChI is InChI=1S/C26H27N5O4S2/c32-22(30-25-27-11-13-36-25)16-37-26-29-21-6-2-1-5-20(21)24(34)31(26)15-17-7-9-18(10-8-17)23(33)28-14-19-4-3-12-35-19/h1-6,11-13,17-18H,7-10,14-16H2,(H,28,33)(H,27,30,32). The first-order valence-electron chi connectivity index (χ1n) is 12.2. The van der Waals surface area contributed by atoms with Gasteiger partial charge in [0, 0.05) is 24.0 Å². The van der Waals surface area contributed by atoms with Crippen molar-refractivity contribution in [2.45, 2.75) is 43.9 Å². The fourth-order valence-electron chi connectivity index (χ4n) is 4.59. The van der Waals surface area contributed by atoms with Crippen LogP contribution in [0.15, 0.2) is 68.6 Å². The minimum atomic E-state index is -0.199. The molecule has 1 fully saturated rings. The van der Waals surface area contributed by atoms with Crippen molar-refractivity contribution < 1.29 is 14.0 Å². The van der Waals surface area contributed by atoms with Crippen molar-refractivity contribution in [1.29, 1.82) is 0 Å². The van der Waals surface area contributed by atoms with E-state index in [0.29, 0.717) is 34.3 Å². The van der Waals surface area contributed by atoms with Gasteiger partial charge >= 0.3 is 0 Å². The third-order valence-corrected chi connectivity index (χ3v) is 8.18. The number of carbonyl (C=O) groups excluding carboxylic acids is 2. The summed E-state index contributed by atoms with van der Waals surface area (Å²) >= 11 is 2.60. The second-order valence-electron chi connectivity index (χ2n) is 9.02. The monoisotopic (exact) mass is 537 g/mol. The first-order valence-corrected chi connectivity index (χ1v) is 14.0. The van der Waals surface area contributed by atoms with Gasteiger partial charge in [0.15, 0.2) is 10.3 Å². The van der Waals surface area contributed by atoms with Crippen LogP contribution < -0.4 is 16.2 Å². The lowest BCUT2D eigenvalue weighted by atomic mass is 9.81. The van der Waals surface area contributed by atoms with Gasteiger partial charge in [-0.3, -0.25) is 19.0 Å². The predicted molar refractivity (Wildman–Crippen MR) is 143 cm³/mol. The molecule has 2 N–H and O–H groups in total. The van der Waals surface area contributed by atoms with Crippen LogP contribution in [-0.2, 0) is 22.7 Å². The highest BCUT2D eigenvalue weighted by molar-refractivity contribution is 7.99. The van der Waals surface area contributed by atoms with Crippen LogP contribution in [0.3, 0.4) is 0 Å². The number of aromatic nitrogens is 3. The van der Waals surface area contributed by atoms with Gasteiger partial charge in [-0.2, -0.15) is 0 Å². The van der Waals surface area contributed by atoms with Crippen molar-refractivity contribution in [3.05, 3.63) is 70.4 Å². The first kappa shape index (κ1) is 25.2. The van der Waals surface area contributed by atoms with Gasteiger partial charge in [0.2, 0.25) is 11.8 Å². The SMILES string of the molecule is O=C(CSc1nc2ccccc2c(=O)n1CC1CCC(C(=O)NCc2ccco2)CC1)Nc1nccs1. The molecule has 0 spiro atoms. The molecule has 11 heteroatoms. The molecule has 4 aromatic rings. The van der Waals surface area contributed by atoms with E-state index in [0.717, 1.165) is 31.4 Å². The summed E-state index contributed by atoms with van der Waals surface area (Å²) in [5.41, 5.74) is 0.510. The average molecular weight is 538 g/mol. The summed E-state index contributed by atoms with van der Waals surface area (Å²) < 4.78 is 6.99. The van der Waals surface area contributed by atoms with Crippen LogP contribution in [0.2, 0.25) is 0 Å².